The van der Waals surface area contributed by atoms with Gasteiger partial charge >= 0.3 is 6.03 Å². The van der Waals surface area contributed by atoms with E-state index in [1.165, 1.54) is 6.07 Å². The molecule has 3 amide bonds. The molecule has 5 nitrogen and oxygen atoms in total. The van der Waals surface area contributed by atoms with Crippen LogP contribution in [0.25, 0.3) is 0 Å². The van der Waals surface area contributed by atoms with Crippen molar-refractivity contribution in [3.05, 3.63) is 71.5 Å². The van der Waals surface area contributed by atoms with Crippen molar-refractivity contribution in [2.75, 3.05) is 26.7 Å². The quantitative estimate of drug-likeness (QED) is 0.753. The summed E-state index contributed by atoms with van der Waals surface area (Å²) in [5.74, 6) is 0.351. The summed E-state index contributed by atoms with van der Waals surface area (Å²) in [6.45, 7) is 2.31. The Kier molecular flexibility index (Phi) is 7.82. The number of nitrogens with zero attached hydrogens (tertiary/aromatic N) is 2. The topological polar surface area (TPSA) is 52.7 Å². The average molecular weight is 412 g/mol. The van der Waals surface area contributed by atoms with Crippen molar-refractivity contribution >= 4 is 11.9 Å². The SMILES string of the molecule is CN(Cc1ccccc1)C(=O)NCCC(=O)N1CCC(Cc2cccc(F)c2)CC1. The molecule has 1 saturated heterocycles. The lowest BCUT2D eigenvalue weighted by atomic mass is 9.90. The summed E-state index contributed by atoms with van der Waals surface area (Å²) in [4.78, 5) is 28.2. The highest BCUT2D eigenvalue weighted by molar-refractivity contribution is 5.78. The van der Waals surface area contributed by atoms with Crippen molar-refractivity contribution < 1.29 is 14.0 Å². The molecule has 0 spiro atoms. The summed E-state index contributed by atoms with van der Waals surface area (Å²) in [6.07, 6.45) is 3.01. The number of amides is 3. The van der Waals surface area contributed by atoms with Crippen LogP contribution >= 0.6 is 0 Å². The first-order chi connectivity index (χ1) is 14.5. The zero-order valence-corrected chi connectivity index (χ0v) is 17.5. The van der Waals surface area contributed by atoms with Crippen LogP contribution in [0.15, 0.2) is 54.6 Å². The van der Waals surface area contributed by atoms with E-state index >= 15 is 0 Å². The number of benzene rings is 2. The molecule has 1 aliphatic rings. The van der Waals surface area contributed by atoms with E-state index < -0.39 is 0 Å². The van der Waals surface area contributed by atoms with Gasteiger partial charge in [0.25, 0.3) is 0 Å². The second-order valence-corrected chi connectivity index (χ2v) is 7.98. The molecule has 0 radical (unpaired) electrons. The van der Waals surface area contributed by atoms with Crippen LogP contribution < -0.4 is 5.32 Å². The highest BCUT2D eigenvalue weighted by Crippen LogP contribution is 2.22. The van der Waals surface area contributed by atoms with Gasteiger partial charge in [-0.15, -0.1) is 0 Å². The molecular weight excluding hydrogens is 381 g/mol. The van der Waals surface area contributed by atoms with Gasteiger partial charge < -0.3 is 15.1 Å². The maximum absolute atomic E-state index is 13.3. The fourth-order valence-electron chi connectivity index (χ4n) is 3.88. The van der Waals surface area contributed by atoms with E-state index in [9.17, 15) is 14.0 Å². The van der Waals surface area contributed by atoms with Crippen LogP contribution in [0, 0.1) is 11.7 Å². The van der Waals surface area contributed by atoms with Crippen LogP contribution in [0.1, 0.15) is 30.4 Å². The normalized spacial score (nSPS) is 14.4. The average Bonchev–Trinajstić information content (AvgIpc) is 2.75. The molecule has 2 aromatic rings. The molecule has 0 unspecified atom stereocenters. The molecule has 0 bridgehead atoms. The van der Waals surface area contributed by atoms with Crippen LogP contribution in [0.4, 0.5) is 9.18 Å². The number of piperidine rings is 1. The number of hydrogen-bond donors (Lipinski definition) is 1. The van der Waals surface area contributed by atoms with E-state index in [1.54, 1.807) is 24.1 Å². The second-order valence-electron chi connectivity index (χ2n) is 7.98. The Balaban J connectivity index is 1.34. The third-order valence-electron chi connectivity index (χ3n) is 5.61. The summed E-state index contributed by atoms with van der Waals surface area (Å²) in [5.41, 5.74) is 2.08. The van der Waals surface area contributed by atoms with Crippen LogP contribution in [-0.4, -0.2) is 48.4 Å². The van der Waals surface area contributed by atoms with E-state index in [2.05, 4.69) is 5.32 Å². The fourth-order valence-corrected chi connectivity index (χ4v) is 3.88. The first-order valence-corrected chi connectivity index (χ1v) is 10.6. The highest BCUT2D eigenvalue weighted by atomic mass is 19.1. The van der Waals surface area contributed by atoms with Gasteiger partial charge in [0.05, 0.1) is 0 Å². The summed E-state index contributed by atoms with van der Waals surface area (Å²) in [6, 6.07) is 16.4. The van der Waals surface area contributed by atoms with Crippen molar-refractivity contribution in [1.29, 1.82) is 0 Å². The van der Waals surface area contributed by atoms with Crippen molar-refractivity contribution in [3.63, 3.8) is 0 Å². The van der Waals surface area contributed by atoms with Crippen LogP contribution in [0.3, 0.4) is 0 Å². The molecule has 0 aromatic heterocycles. The summed E-state index contributed by atoms with van der Waals surface area (Å²) in [7, 11) is 1.74. The number of hydrogen-bond acceptors (Lipinski definition) is 2. The molecule has 0 atom stereocenters. The molecule has 1 aliphatic heterocycles. The minimum Gasteiger partial charge on any atom is -0.343 e. The summed E-state index contributed by atoms with van der Waals surface area (Å²) in [5, 5.41) is 2.82. The molecule has 0 saturated carbocycles. The Morgan fingerprint density at radius 1 is 1.07 bits per heavy atom. The zero-order chi connectivity index (χ0) is 21.3. The molecule has 1 heterocycles. The van der Waals surface area contributed by atoms with E-state index in [1.807, 2.05) is 41.3 Å². The first kappa shape index (κ1) is 21.8. The standard InChI is InChI=1S/C24H30FN3O2/c1-27(18-20-6-3-2-4-7-20)24(30)26-13-10-23(29)28-14-11-19(12-15-28)16-21-8-5-9-22(25)17-21/h2-9,17,19H,10-16,18H2,1H3,(H,26,30). The number of nitrogens with one attached hydrogen (secondary N) is 1. The lowest BCUT2D eigenvalue weighted by Gasteiger charge is -2.32. The molecule has 3 rings (SSSR count). The minimum absolute atomic E-state index is 0.0743. The van der Waals surface area contributed by atoms with Gasteiger partial charge in [-0.05, 0) is 48.4 Å². The highest BCUT2D eigenvalue weighted by Gasteiger charge is 2.23. The molecular formula is C24H30FN3O2. The van der Waals surface area contributed by atoms with E-state index in [0.29, 0.717) is 25.4 Å². The lowest BCUT2D eigenvalue weighted by Crippen LogP contribution is -2.42. The van der Waals surface area contributed by atoms with Gasteiger partial charge in [0.1, 0.15) is 5.82 Å². The van der Waals surface area contributed by atoms with Crippen LogP contribution in [0.2, 0.25) is 0 Å². The molecule has 6 heteroatoms. The summed E-state index contributed by atoms with van der Waals surface area (Å²) >= 11 is 0. The number of rotatable bonds is 7. The Bertz CT molecular complexity index is 835. The van der Waals surface area contributed by atoms with Gasteiger partial charge in [-0.2, -0.15) is 0 Å². The van der Waals surface area contributed by atoms with Crippen LogP contribution in [0.5, 0.6) is 0 Å². The predicted molar refractivity (Wildman–Crippen MR) is 115 cm³/mol. The van der Waals surface area contributed by atoms with E-state index in [-0.39, 0.29) is 17.8 Å². The smallest absolute Gasteiger partial charge is 0.317 e. The van der Waals surface area contributed by atoms with Gasteiger partial charge in [-0.1, -0.05) is 42.5 Å². The van der Waals surface area contributed by atoms with Gasteiger partial charge in [-0.3, -0.25) is 4.79 Å². The molecule has 30 heavy (non-hydrogen) atoms. The number of carbonyl (C=O) groups excluding carboxylic acids is 2. The zero-order valence-electron chi connectivity index (χ0n) is 17.5. The van der Waals surface area contributed by atoms with Gasteiger partial charge in [0.15, 0.2) is 0 Å². The third kappa shape index (κ3) is 6.58. The number of carbonyl (C=O) groups is 2. The van der Waals surface area contributed by atoms with E-state index in [4.69, 9.17) is 0 Å². The fraction of sp³-hybridized carbons (Fsp3) is 0.417. The number of halogens is 1. The third-order valence-corrected chi connectivity index (χ3v) is 5.61. The van der Waals surface area contributed by atoms with E-state index in [0.717, 1.165) is 43.5 Å². The molecule has 160 valence electrons. The molecule has 0 aliphatic carbocycles. The lowest BCUT2D eigenvalue weighted by molar-refractivity contribution is -0.132. The maximum Gasteiger partial charge on any atom is 0.317 e. The Hall–Kier alpha value is -2.89. The van der Waals surface area contributed by atoms with Crippen LogP contribution in [-0.2, 0) is 17.8 Å². The Labute approximate surface area is 177 Å². The monoisotopic (exact) mass is 411 g/mol. The summed E-state index contributed by atoms with van der Waals surface area (Å²) < 4.78 is 13.3. The number of urea groups is 1. The van der Waals surface area contributed by atoms with Gasteiger partial charge in [0, 0.05) is 39.6 Å². The molecule has 1 fully saturated rings. The van der Waals surface area contributed by atoms with Gasteiger partial charge in [0.2, 0.25) is 5.91 Å². The number of likely N-dealkylation sites (tertiary alicyclic amines) is 1. The Morgan fingerprint density at radius 3 is 2.47 bits per heavy atom. The van der Waals surface area contributed by atoms with Crippen molar-refractivity contribution in [2.24, 2.45) is 5.92 Å². The largest absolute Gasteiger partial charge is 0.343 e. The molecule has 1 N–H and O–H groups in total. The van der Waals surface area contributed by atoms with Crippen molar-refractivity contribution in [3.8, 4) is 0 Å². The Morgan fingerprint density at radius 2 is 1.77 bits per heavy atom. The molecule has 2 aromatic carbocycles. The first-order valence-electron chi connectivity index (χ1n) is 10.6. The van der Waals surface area contributed by atoms with Crippen molar-refractivity contribution in [2.45, 2.75) is 32.2 Å². The maximum atomic E-state index is 13.3. The predicted octanol–water partition coefficient (Wildman–Crippen LogP) is 3.84. The minimum atomic E-state index is -0.198. The second kappa shape index (κ2) is 10.8. The van der Waals surface area contributed by atoms with Crippen molar-refractivity contribution in [1.82, 2.24) is 15.1 Å². The van der Waals surface area contributed by atoms with Gasteiger partial charge in [-0.25, -0.2) is 9.18 Å².